The van der Waals surface area contributed by atoms with E-state index in [1.54, 1.807) is 0 Å². The van der Waals surface area contributed by atoms with Crippen LogP contribution >= 0.6 is 0 Å². The molecular weight excluding hydrogens is 226 g/mol. The molecule has 0 aromatic heterocycles. The predicted octanol–water partition coefficient (Wildman–Crippen LogP) is 2.45. The Labute approximate surface area is 107 Å². The fourth-order valence-corrected chi connectivity index (χ4v) is 2.78. The van der Waals surface area contributed by atoms with Crippen LogP contribution in [0.4, 0.5) is 5.69 Å². The summed E-state index contributed by atoms with van der Waals surface area (Å²) in [4.78, 5) is 13.5. The Balaban J connectivity index is 1.81. The molecule has 2 heterocycles. The first-order valence-electron chi connectivity index (χ1n) is 6.46. The van der Waals surface area contributed by atoms with Gasteiger partial charge in [0.15, 0.2) is 0 Å². The Bertz CT molecular complexity index is 478. The van der Waals surface area contributed by atoms with E-state index in [-0.39, 0.29) is 18.1 Å². The highest BCUT2D eigenvalue weighted by Gasteiger charge is 2.34. The summed E-state index contributed by atoms with van der Waals surface area (Å²) in [5.74, 6) is -0.212. The molecule has 0 radical (unpaired) electrons. The van der Waals surface area contributed by atoms with Gasteiger partial charge in [-0.15, -0.1) is 0 Å². The molecule has 18 heavy (non-hydrogen) atoms. The zero-order valence-corrected chi connectivity index (χ0v) is 10.5. The van der Waals surface area contributed by atoms with Crippen molar-refractivity contribution in [1.82, 2.24) is 0 Å². The summed E-state index contributed by atoms with van der Waals surface area (Å²) in [5.41, 5.74) is 2.49. The highest BCUT2D eigenvalue weighted by atomic mass is 16.5. The van der Waals surface area contributed by atoms with Crippen molar-refractivity contribution in [2.75, 3.05) is 11.4 Å². The van der Waals surface area contributed by atoms with E-state index in [2.05, 4.69) is 36.1 Å². The molecule has 1 saturated heterocycles. The van der Waals surface area contributed by atoms with Crippen LogP contribution in [-0.2, 0) is 9.53 Å². The van der Waals surface area contributed by atoms with Crippen LogP contribution in [0.3, 0.4) is 0 Å². The number of carbonyl (C=O) groups is 1. The van der Waals surface area contributed by atoms with Gasteiger partial charge in [0.05, 0.1) is 6.04 Å². The van der Waals surface area contributed by atoms with Gasteiger partial charge in [0, 0.05) is 18.3 Å². The van der Waals surface area contributed by atoms with Crippen molar-refractivity contribution in [2.45, 2.75) is 31.9 Å². The lowest BCUT2D eigenvalue weighted by molar-refractivity contribution is -0.139. The molecule has 0 aliphatic carbocycles. The molecule has 2 unspecified atom stereocenters. The fourth-order valence-electron chi connectivity index (χ4n) is 2.78. The molecule has 3 rings (SSSR count). The minimum Gasteiger partial charge on any atom is -0.453 e. The van der Waals surface area contributed by atoms with Crippen molar-refractivity contribution < 1.29 is 9.53 Å². The number of rotatable bonds is 2. The molecule has 2 aliphatic rings. The monoisotopic (exact) mass is 243 g/mol. The van der Waals surface area contributed by atoms with Gasteiger partial charge in [-0.05, 0) is 38.0 Å². The Morgan fingerprint density at radius 2 is 2.06 bits per heavy atom. The molecule has 1 fully saturated rings. The van der Waals surface area contributed by atoms with E-state index in [1.165, 1.54) is 17.3 Å². The topological polar surface area (TPSA) is 29.5 Å². The number of esters is 1. The lowest BCUT2D eigenvalue weighted by Crippen LogP contribution is -2.38. The van der Waals surface area contributed by atoms with Gasteiger partial charge in [-0.1, -0.05) is 17.7 Å². The molecule has 2 aliphatic heterocycles. The second kappa shape index (κ2) is 4.48. The maximum atomic E-state index is 11.2. The van der Waals surface area contributed by atoms with Crippen molar-refractivity contribution in [3.63, 3.8) is 0 Å². The van der Waals surface area contributed by atoms with Crippen LogP contribution < -0.4 is 4.90 Å². The van der Waals surface area contributed by atoms with Gasteiger partial charge >= 0.3 is 5.97 Å². The van der Waals surface area contributed by atoms with Crippen molar-refractivity contribution >= 4 is 11.7 Å². The van der Waals surface area contributed by atoms with Crippen LogP contribution in [0.1, 0.15) is 18.4 Å². The van der Waals surface area contributed by atoms with Gasteiger partial charge in [-0.3, -0.25) is 0 Å². The largest absolute Gasteiger partial charge is 0.453 e. The molecule has 3 nitrogen and oxygen atoms in total. The first kappa shape index (κ1) is 11.3. The molecular formula is C15H17NO2. The fraction of sp³-hybridized carbons (Fsp3) is 0.400. The Morgan fingerprint density at radius 1 is 1.28 bits per heavy atom. The smallest absolute Gasteiger partial charge is 0.331 e. The first-order valence-corrected chi connectivity index (χ1v) is 6.46. The summed E-state index contributed by atoms with van der Waals surface area (Å²) >= 11 is 0. The van der Waals surface area contributed by atoms with E-state index in [4.69, 9.17) is 4.74 Å². The van der Waals surface area contributed by atoms with Crippen molar-refractivity contribution in [1.29, 1.82) is 0 Å². The Morgan fingerprint density at radius 3 is 2.72 bits per heavy atom. The molecule has 0 spiro atoms. The van der Waals surface area contributed by atoms with Gasteiger partial charge < -0.3 is 9.64 Å². The third-order valence-electron chi connectivity index (χ3n) is 3.72. The zero-order valence-electron chi connectivity index (χ0n) is 10.5. The summed E-state index contributed by atoms with van der Waals surface area (Å²) in [6.07, 6.45) is 5.58. The maximum absolute atomic E-state index is 11.2. The minimum absolute atomic E-state index is 0.0821. The molecule has 0 N–H and O–H groups in total. The zero-order chi connectivity index (χ0) is 12.5. The standard InChI is InChI=1S/C15H17NO2/c1-11-4-6-12(7-5-11)16-10-2-3-13(16)14-8-9-15(17)18-14/h4-9,13-14H,2-3,10H2,1H3. The second-order valence-corrected chi connectivity index (χ2v) is 5.00. The van der Waals surface area contributed by atoms with E-state index < -0.39 is 0 Å². The van der Waals surface area contributed by atoms with E-state index in [9.17, 15) is 4.79 Å². The average Bonchev–Trinajstić information content (AvgIpc) is 2.98. The number of cyclic esters (lactones) is 1. The normalized spacial score (nSPS) is 26.7. The molecule has 0 saturated carbocycles. The van der Waals surface area contributed by atoms with Gasteiger partial charge in [-0.2, -0.15) is 0 Å². The van der Waals surface area contributed by atoms with Crippen molar-refractivity contribution in [3.05, 3.63) is 42.0 Å². The van der Waals surface area contributed by atoms with Crippen LogP contribution in [0.25, 0.3) is 0 Å². The van der Waals surface area contributed by atoms with Gasteiger partial charge in [-0.25, -0.2) is 4.79 Å². The molecule has 94 valence electrons. The molecule has 1 aromatic carbocycles. The van der Waals surface area contributed by atoms with Crippen LogP contribution in [0.15, 0.2) is 36.4 Å². The van der Waals surface area contributed by atoms with Gasteiger partial charge in [0.25, 0.3) is 0 Å². The number of hydrogen-bond acceptors (Lipinski definition) is 3. The summed E-state index contributed by atoms with van der Waals surface area (Å²) in [6.45, 7) is 3.13. The Hall–Kier alpha value is -1.77. The quantitative estimate of drug-likeness (QED) is 0.747. The van der Waals surface area contributed by atoms with E-state index in [0.29, 0.717) is 0 Å². The molecule has 2 atom stereocenters. The van der Waals surface area contributed by atoms with Crippen molar-refractivity contribution in [3.8, 4) is 0 Å². The minimum atomic E-state index is -0.212. The highest BCUT2D eigenvalue weighted by Crippen LogP contribution is 2.30. The Kier molecular flexibility index (Phi) is 2.82. The second-order valence-electron chi connectivity index (χ2n) is 5.00. The van der Waals surface area contributed by atoms with Crippen LogP contribution in [0.5, 0.6) is 0 Å². The van der Waals surface area contributed by atoms with Crippen molar-refractivity contribution in [2.24, 2.45) is 0 Å². The number of aryl methyl sites for hydroxylation is 1. The molecule has 1 aromatic rings. The van der Waals surface area contributed by atoms with E-state index >= 15 is 0 Å². The van der Waals surface area contributed by atoms with Crippen LogP contribution in [0.2, 0.25) is 0 Å². The number of ether oxygens (including phenoxy) is 1. The lowest BCUT2D eigenvalue weighted by atomic mass is 10.1. The third kappa shape index (κ3) is 2.01. The third-order valence-corrected chi connectivity index (χ3v) is 3.72. The summed E-state index contributed by atoms with van der Waals surface area (Å²) in [7, 11) is 0. The number of benzene rings is 1. The number of carbonyl (C=O) groups excluding carboxylic acids is 1. The summed E-state index contributed by atoms with van der Waals surface area (Å²) < 4.78 is 5.33. The molecule has 0 amide bonds. The SMILES string of the molecule is Cc1ccc(N2CCCC2C2C=CC(=O)O2)cc1. The molecule has 3 heteroatoms. The van der Waals surface area contributed by atoms with Gasteiger partial charge in [0.1, 0.15) is 6.10 Å². The number of hydrogen-bond donors (Lipinski definition) is 0. The van der Waals surface area contributed by atoms with Gasteiger partial charge in [0.2, 0.25) is 0 Å². The van der Waals surface area contributed by atoms with Crippen LogP contribution in [0, 0.1) is 6.92 Å². The maximum Gasteiger partial charge on any atom is 0.331 e. The van der Waals surface area contributed by atoms with Crippen LogP contribution in [-0.4, -0.2) is 24.7 Å². The number of nitrogens with zero attached hydrogens (tertiary/aromatic N) is 1. The molecule has 0 bridgehead atoms. The number of anilines is 1. The highest BCUT2D eigenvalue weighted by molar-refractivity contribution is 5.84. The average molecular weight is 243 g/mol. The van der Waals surface area contributed by atoms with E-state index in [1.807, 2.05) is 6.08 Å². The summed E-state index contributed by atoms with van der Waals surface area (Å²) in [5, 5.41) is 0. The van der Waals surface area contributed by atoms with E-state index in [0.717, 1.165) is 19.4 Å². The predicted molar refractivity (Wildman–Crippen MR) is 70.6 cm³/mol. The summed E-state index contributed by atoms with van der Waals surface area (Å²) in [6, 6.07) is 8.83. The first-order chi connectivity index (χ1) is 8.74. The lowest BCUT2D eigenvalue weighted by Gasteiger charge is -2.29.